The van der Waals surface area contributed by atoms with E-state index in [9.17, 15) is 0 Å². The van der Waals surface area contributed by atoms with E-state index in [-0.39, 0.29) is 12.3 Å². The second-order valence-electron chi connectivity index (χ2n) is 5.32. The van der Waals surface area contributed by atoms with Gasteiger partial charge >= 0.3 is 0 Å². The largest absolute Gasteiger partial charge is 0.351 e. The molecule has 0 aromatic rings. The van der Waals surface area contributed by atoms with Crippen molar-refractivity contribution in [2.45, 2.75) is 90.9 Å². The standard InChI is InChI=1S/C16H36N2O2/c1-4-7-8-9-10-11-12-13-14-15(18-17)16(19-5-2)20-6-3/h15-16,18H,4-14,17H2,1-3H3. The molecule has 0 bridgehead atoms. The lowest BCUT2D eigenvalue weighted by molar-refractivity contribution is -0.155. The first-order valence-corrected chi connectivity index (χ1v) is 8.49. The van der Waals surface area contributed by atoms with Crippen LogP contribution in [-0.2, 0) is 9.47 Å². The van der Waals surface area contributed by atoms with Gasteiger partial charge < -0.3 is 9.47 Å². The van der Waals surface area contributed by atoms with E-state index >= 15 is 0 Å². The Balaban J connectivity index is 3.66. The van der Waals surface area contributed by atoms with Crippen LogP contribution >= 0.6 is 0 Å². The van der Waals surface area contributed by atoms with Gasteiger partial charge in [0.25, 0.3) is 0 Å². The van der Waals surface area contributed by atoms with Crippen LogP contribution in [-0.4, -0.2) is 25.5 Å². The van der Waals surface area contributed by atoms with Gasteiger partial charge in [0.15, 0.2) is 6.29 Å². The third kappa shape index (κ3) is 10.6. The Bertz CT molecular complexity index is 185. The van der Waals surface area contributed by atoms with Crippen LogP contribution in [0.25, 0.3) is 0 Å². The predicted octanol–water partition coefficient (Wildman–Crippen LogP) is 3.75. The molecule has 0 aliphatic heterocycles. The van der Waals surface area contributed by atoms with Crippen LogP contribution in [0, 0.1) is 0 Å². The normalized spacial score (nSPS) is 13.1. The van der Waals surface area contributed by atoms with Gasteiger partial charge in [0.1, 0.15) is 0 Å². The number of hydrogen-bond donors (Lipinski definition) is 2. The SMILES string of the molecule is CCCCCCCCCCC(NN)C(OCC)OCC. The topological polar surface area (TPSA) is 56.5 Å². The van der Waals surface area contributed by atoms with E-state index < -0.39 is 0 Å². The number of hydrazine groups is 1. The van der Waals surface area contributed by atoms with Crippen LogP contribution in [0.15, 0.2) is 0 Å². The molecule has 0 rings (SSSR count). The summed E-state index contributed by atoms with van der Waals surface area (Å²) in [5.41, 5.74) is 2.84. The molecule has 0 aliphatic carbocycles. The first-order valence-electron chi connectivity index (χ1n) is 8.49. The summed E-state index contributed by atoms with van der Waals surface area (Å²) in [6, 6.07) is 0.0926. The monoisotopic (exact) mass is 288 g/mol. The summed E-state index contributed by atoms with van der Waals surface area (Å²) < 4.78 is 11.2. The maximum Gasteiger partial charge on any atom is 0.173 e. The second-order valence-corrected chi connectivity index (χ2v) is 5.32. The van der Waals surface area contributed by atoms with Crippen molar-refractivity contribution in [2.75, 3.05) is 13.2 Å². The van der Waals surface area contributed by atoms with Crippen LogP contribution < -0.4 is 11.3 Å². The predicted molar refractivity (Wildman–Crippen MR) is 85.4 cm³/mol. The highest BCUT2D eigenvalue weighted by Crippen LogP contribution is 2.13. The quantitative estimate of drug-likeness (QED) is 0.208. The maximum atomic E-state index is 5.62. The fourth-order valence-electron chi connectivity index (χ4n) is 2.41. The number of rotatable bonds is 15. The Kier molecular flexibility index (Phi) is 15.1. The van der Waals surface area contributed by atoms with Gasteiger partial charge in [-0.1, -0.05) is 58.3 Å². The summed E-state index contributed by atoms with van der Waals surface area (Å²) >= 11 is 0. The molecule has 0 radical (unpaired) electrons. The summed E-state index contributed by atoms with van der Waals surface area (Å²) in [7, 11) is 0. The number of ether oxygens (including phenoxy) is 2. The van der Waals surface area contributed by atoms with Gasteiger partial charge in [-0.2, -0.15) is 0 Å². The summed E-state index contributed by atoms with van der Waals surface area (Å²) in [4.78, 5) is 0. The van der Waals surface area contributed by atoms with Crippen LogP contribution in [0.2, 0.25) is 0 Å². The van der Waals surface area contributed by atoms with Crippen molar-refractivity contribution in [3.63, 3.8) is 0 Å². The van der Waals surface area contributed by atoms with Crippen molar-refractivity contribution in [3.05, 3.63) is 0 Å². The molecule has 0 amide bonds. The van der Waals surface area contributed by atoms with Gasteiger partial charge in [-0.15, -0.1) is 0 Å². The molecule has 0 heterocycles. The molecular weight excluding hydrogens is 252 g/mol. The van der Waals surface area contributed by atoms with E-state index in [1.807, 2.05) is 13.8 Å². The fraction of sp³-hybridized carbons (Fsp3) is 1.00. The van der Waals surface area contributed by atoms with E-state index in [0.29, 0.717) is 13.2 Å². The van der Waals surface area contributed by atoms with Gasteiger partial charge in [0.05, 0.1) is 6.04 Å². The summed E-state index contributed by atoms with van der Waals surface area (Å²) in [5, 5.41) is 0. The lowest BCUT2D eigenvalue weighted by Gasteiger charge is -2.26. The van der Waals surface area contributed by atoms with E-state index in [4.69, 9.17) is 15.3 Å². The first kappa shape index (κ1) is 19.8. The lowest BCUT2D eigenvalue weighted by atomic mass is 10.0. The van der Waals surface area contributed by atoms with Gasteiger partial charge in [0.2, 0.25) is 0 Å². The third-order valence-electron chi connectivity index (χ3n) is 3.57. The van der Waals surface area contributed by atoms with Gasteiger partial charge in [-0.3, -0.25) is 11.3 Å². The Morgan fingerprint density at radius 2 is 1.30 bits per heavy atom. The number of nitrogens with two attached hydrogens (primary N) is 1. The zero-order valence-electron chi connectivity index (χ0n) is 13.8. The zero-order valence-corrected chi connectivity index (χ0v) is 13.8. The van der Waals surface area contributed by atoms with Crippen molar-refractivity contribution in [3.8, 4) is 0 Å². The van der Waals surface area contributed by atoms with Gasteiger partial charge in [-0.25, -0.2) is 0 Å². The fourth-order valence-corrected chi connectivity index (χ4v) is 2.41. The van der Waals surface area contributed by atoms with Crippen LogP contribution in [0.3, 0.4) is 0 Å². The molecule has 3 N–H and O–H groups in total. The molecule has 0 aromatic heterocycles. The van der Waals surface area contributed by atoms with Crippen molar-refractivity contribution >= 4 is 0 Å². The first-order chi connectivity index (χ1) is 9.79. The zero-order chi connectivity index (χ0) is 15.1. The molecule has 1 unspecified atom stereocenters. The Morgan fingerprint density at radius 1 is 0.800 bits per heavy atom. The summed E-state index contributed by atoms with van der Waals surface area (Å²) in [6.07, 6.45) is 11.4. The molecule has 1 atom stereocenters. The maximum absolute atomic E-state index is 5.62. The van der Waals surface area contributed by atoms with Crippen LogP contribution in [0.1, 0.15) is 78.6 Å². The Hall–Kier alpha value is -0.160. The molecule has 0 saturated heterocycles. The molecule has 122 valence electrons. The van der Waals surface area contributed by atoms with Gasteiger partial charge in [0, 0.05) is 13.2 Å². The minimum atomic E-state index is -0.223. The molecule has 0 aliphatic rings. The highest BCUT2D eigenvalue weighted by atomic mass is 16.7. The average Bonchev–Trinajstić information content (AvgIpc) is 2.46. The second kappa shape index (κ2) is 15.2. The molecule has 4 heteroatoms. The molecule has 0 aromatic carbocycles. The van der Waals surface area contributed by atoms with E-state index in [0.717, 1.165) is 6.42 Å². The van der Waals surface area contributed by atoms with Crippen molar-refractivity contribution in [1.29, 1.82) is 0 Å². The molecule has 0 fully saturated rings. The van der Waals surface area contributed by atoms with E-state index in [1.54, 1.807) is 0 Å². The minimum Gasteiger partial charge on any atom is -0.351 e. The highest BCUT2D eigenvalue weighted by molar-refractivity contribution is 4.68. The van der Waals surface area contributed by atoms with Crippen LogP contribution in [0.5, 0.6) is 0 Å². The minimum absolute atomic E-state index is 0.0926. The molecular formula is C16H36N2O2. The van der Waals surface area contributed by atoms with E-state index in [1.165, 1.54) is 51.4 Å². The molecule has 20 heavy (non-hydrogen) atoms. The molecule has 0 spiro atoms. The smallest absolute Gasteiger partial charge is 0.173 e. The highest BCUT2D eigenvalue weighted by Gasteiger charge is 2.20. The van der Waals surface area contributed by atoms with Crippen molar-refractivity contribution < 1.29 is 9.47 Å². The Morgan fingerprint density at radius 3 is 1.75 bits per heavy atom. The third-order valence-corrected chi connectivity index (χ3v) is 3.57. The summed E-state index contributed by atoms with van der Waals surface area (Å²) in [6.45, 7) is 7.53. The van der Waals surface area contributed by atoms with Crippen molar-refractivity contribution in [2.24, 2.45) is 5.84 Å². The molecule has 4 nitrogen and oxygen atoms in total. The summed E-state index contributed by atoms with van der Waals surface area (Å²) in [5.74, 6) is 5.62. The number of nitrogens with one attached hydrogen (secondary N) is 1. The van der Waals surface area contributed by atoms with Crippen molar-refractivity contribution in [1.82, 2.24) is 5.43 Å². The van der Waals surface area contributed by atoms with E-state index in [2.05, 4.69) is 12.3 Å². The average molecular weight is 288 g/mol. The Labute approximate surface area is 125 Å². The lowest BCUT2D eigenvalue weighted by Crippen LogP contribution is -2.46. The number of unbranched alkanes of at least 4 members (excludes halogenated alkanes) is 7. The number of hydrogen-bond acceptors (Lipinski definition) is 4. The van der Waals surface area contributed by atoms with Gasteiger partial charge in [-0.05, 0) is 20.3 Å². The molecule has 0 saturated carbocycles. The van der Waals surface area contributed by atoms with Crippen LogP contribution in [0.4, 0.5) is 0 Å².